The van der Waals surface area contributed by atoms with Crippen LogP contribution in [0.1, 0.15) is 57.8 Å². The van der Waals surface area contributed by atoms with Gasteiger partial charge in [0.05, 0.1) is 6.10 Å². The largest absolute Gasteiger partial charge is 0.437 e. The van der Waals surface area contributed by atoms with E-state index in [1.807, 2.05) is 0 Å². The third-order valence-corrected chi connectivity index (χ3v) is 3.20. The Labute approximate surface area is 103 Å². The van der Waals surface area contributed by atoms with Crippen LogP contribution in [-0.2, 0) is 14.3 Å². The van der Waals surface area contributed by atoms with E-state index in [9.17, 15) is 4.79 Å². The summed E-state index contributed by atoms with van der Waals surface area (Å²) in [5.74, 6) is -0.620. The summed E-state index contributed by atoms with van der Waals surface area (Å²) in [6.07, 6.45) is 11.3. The average Bonchev–Trinajstić information content (AvgIpc) is 2.36. The molecule has 0 heterocycles. The van der Waals surface area contributed by atoms with Gasteiger partial charge in [-0.15, -0.1) is 0 Å². The maximum Gasteiger partial charge on any atom is 0.333 e. The molecule has 1 fully saturated rings. The molecule has 0 spiro atoms. The minimum atomic E-state index is -0.620. The first-order valence-electron chi connectivity index (χ1n) is 6.71. The van der Waals surface area contributed by atoms with Crippen LogP contribution in [0.3, 0.4) is 0 Å². The number of hydrogen-bond donors (Lipinski definition) is 1. The molecule has 1 aliphatic rings. The molecule has 1 aliphatic carbocycles. The maximum absolute atomic E-state index is 10.7. The number of hydrogen-bond acceptors (Lipinski definition) is 4. The van der Waals surface area contributed by atoms with Crippen molar-refractivity contribution >= 4 is 5.97 Å². The fourth-order valence-electron chi connectivity index (χ4n) is 2.18. The zero-order valence-electron chi connectivity index (χ0n) is 10.5. The summed E-state index contributed by atoms with van der Waals surface area (Å²) in [5.41, 5.74) is 0. The molecule has 1 N–H and O–H groups in total. The number of ether oxygens (including phenoxy) is 2. The lowest BCUT2D eigenvalue weighted by atomic mass is 9.99. The van der Waals surface area contributed by atoms with Crippen LogP contribution in [0.4, 0.5) is 0 Å². The molecule has 1 rings (SSSR count). The van der Waals surface area contributed by atoms with E-state index in [-0.39, 0.29) is 12.9 Å². The monoisotopic (exact) mass is 244 g/mol. The Morgan fingerprint density at radius 3 is 2.06 bits per heavy atom. The van der Waals surface area contributed by atoms with Crippen LogP contribution >= 0.6 is 0 Å². The topological polar surface area (TPSA) is 55.8 Å². The van der Waals surface area contributed by atoms with E-state index in [0.717, 1.165) is 12.8 Å². The van der Waals surface area contributed by atoms with Crippen molar-refractivity contribution in [3.8, 4) is 0 Å². The molecule has 0 aromatic rings. The first-order valence-corrected chi connectivity index (χ1v) is 6.71. The first kappa shape index (κ1) is 14.5. The molecule has 1 saturated carbocycles. The molecule has 0 amide bonds. The predicted molar refractivity (Wildman–Crippen MR) is 64.5 cm³/mol. The van der Waals surface area contributed by atoms with Crippen molar-refractivity contribution in [2.45, 2.75) is 63.9 Å². The standard InChI is InChI=1S/C13H24O4/c14-10-13(15)17-11-16-12-8-6-4-2-1-3-5-7-9-12/h12,14H,1-11H2. The van der Waals surface area contributed by atoms with Crippen molar-refractivity contribution in [1.29, 1.82) is 0 Å². The van der Waals surface area contributed by atoms with E-state index >= 15 is 0 Å². The van der Waals surface area contributed by atoms with E-state index in [1.54, 1.807) is 0 Å². The molecule has 0 atom stereocenters. The molecule has 17 heavy (non-hydrogen) atoms. The lowest BCUT2D eigenvalue weighted by Gasteiger charge is -2.18. The van der Waals surface area contributed by atoms with Crippen LogP contribution in [0.2, 0.25) is 0 Å². The van der Waals surface area contributed by atoms with Crippen LogP contribution < -0.4 is 0 Å². The molecule has 0 aromatic heterocycles. The van der Waals surface area contributed by atoms with Gasteiger partial charge in [0.25, 0.3) is 0 Å². The Hall–Kier alpha value is -0.610. The number of aliphatic hydroxyl groups is 1. The van der Waals surface area contributed by atoms with Crippen LogP contribution in [0.15, 0.2) is 0 Å². The van der Waals surface area contributed by atoms with Crippen LogP contribution in [0.25, 0.3) is 0 Å². The minimum Gasteiger partial charge on any atom is -0.437 e. The highest BCUT2D eigenvalue weighted by Crippen LogP contribution is 2.18. The third-order valence-electron chi connectivity index (χ3n) is 3.20. The zero-order chi connectivity index (χ0) is 12.3. The Kier molecular flexibility index (Phi) is 8.01. The molecule has 0 aromatic carbocycles. The van der Waals surface area contributed by atoms with E-state index in [1.165, 1.54) is 44.9 Å². The van der Waals surface area contributed by atoms with Gasteiger partial charge in [-0.3, -0.25) is 0 Å². The first-order chi connectivity index (χ1) is 8.33. The summed E-state index contributed by atoms with van der Waals surface area (Å²) in [7, 11) is 0. The number of aliphatic hydroxyl groups excluding tert-OH is 1. The highest BCUT2D eigenvalue weighted by Gasteiger charge is 2.11. The summed E-state index contributed by atoms with van der Waals surface area (Å²) >= 11 is 0. The van der Waals surface area contributed by atoms with Crippen LogP contribution in [0.5, 0.6) is 0 Å². The molecule has 0 unspecified atom stereocenters. The van der Waals surface area contributed by atoms with Gasteiger partial charge in [-0.2, -0.15) is 0 Å². The lowest BCUT2D eigenvalue weighted by molar-refractivity contribution is -0.164. The molecular weight excluding hydrogens is 220 g/mol. The fraction of sp³-hybridized carbons (Fsp3) is 0.923. The van der Waals surface area contributed by atoms with Gasteiger partial charge in [-0.1, -0.05) is 44.9 Å². The van der Waals surface area contributed by atoms with Crippen molar-refractivity contribution in [1.82, 2.24) is 0 Å². The Bertz CT molecular complexity index is 196. The van der Waals surface area contributed by atoms with Gasteiger partial charge in [-0.05, 0) is 12.8 Å². The third kappa shape index (κ3) is 7.34. The smallest absolute Gasteiger partial charge is 0.333 e. The second kappa shape index (κ2) is 9.42. The van der Waals surface area contributed by atoms with Gasteiger partial charge >= 0.3 is 5.97 Å². The van der Waals surface area contributed by atoms with E-state index < -0.39 is 12.6 Å². The maximum atomic E-state index is 10.7. The average molecular weight is 244 g/mol. The highest BCUT2D eigenvalue weighted by atomic mass is 16.7. The van der Waals surface area contributed by atoms with Crippen molar-refractivity contribution in [2.75, 3.05) is 13.4 Å². The number of esters is 1. The summed E-state index contributed by atoms with van der Waals surface area (Å²) in [4.78, 5) is 10.7. The fourth-order valence-corrected chi connectivity index (χ4v) is 2.18. The van der Waals surface area contributed by atoms with E-state index in [2.05, 4.69) is 0 Å². The predicted octanol–water partition coefficient (Wildman–Crippen LogP) is 2.39. The zero-order valence-corrected chi connectivity index (χ0v) is 10.5. The molecule has 0 bridgehead atoms. The molecule has 100 valence electrons. The van der Waals surface area contributed by atoms with Crippen LogP contribution in [0, 0.1) is 0 Å². The van der Waals surface area contributed by atoms with E-state index in [0.29, 0.717) is 0 Å². The van der Waals surface area contributed by atoms with Gasteiger partial charge in [0.15, 0.2) is 6.79 Å². The summed E-state index contributed by atoms with van der Waals surface area (Å²) in [6, 6.07) is 0. The van der Waals surface area contributed by atoms with E-state index in [4.69, 9.17) is 14.6 Å². The molecule has 4 nitrogen and oxygen atoms in total. The van der Waals surface area contributed by atoms with Gasteiger partial charge in [0, 0.05) is 0 Å². The van der Waals surface area contributed by atoms with Crippen molar-refractivity contribution < 1.29 is 19.4 Å². The van der Waals surface area contributed by atoms with Gasteiger partial charge in [0.1, 0.15) is 6.61 Å². The number of carbonyl (C=O) groups excluding carboxylic acids is 1. The van der Waals surface area contributed by atoms with Gasteiger partial charge in [-0.25, -0.2) is 4.79 Å². The van der Waals surface area contributed by atoms with Crippen molar-refractivity contribution in [3.63, 3.8) is 0 Å². The Morgan fingerprint density at radius 1 is 1.00 bits per heavy atom. The van der Waals surface area contributed by atoms with Crippen LogP contribution in [-0.4, -0.2) is 30.6 Å². The molecule has 0 saturated heterocycles. The molecule has 0 radical (unpaired) electrons. The molecule has 4 heteroatoms. The Morgan fingerprint density at radius 2 is 1.53 bits per heavy atom. The number of carbonyl (C=O) groups is 1. The SMILES string of the molecule is O=C(CO)OCOC1CCCCCCCCC1. The Balaban J connectivity index is 2.16. The highest BCUT2D eigenvalue weighted by molar-refractivity contribution is 5.70. The normalized spacial score (nSPS) is 19.8. The second-order valence-corrected chi connectivity index (χ2v) is 4.63. The summed E-state index contributed by atoms with van der Waals surface area (Å²) in [6.45, 7) is -0.599. The van der Waals surface area contributed by atoms with Crippen molar-refractivity contribution in [3.05, 3.63) is 0 Å². The van der Waals surface area contributed by atoms with Gasteiger partial charge in [0.2, 0.25) is 0 Å². The second-order valence-electron chi connectivity index (χ2n) is 4.63. The van der Waals surface area contributed by atoms with Crippen molar-refractivity contribution in [2.24, 2.45) is 0 Å². The lowest BCUT2D eigenvalue weighted by Crippen LogP contribution is -2.19. The molecular formula is C13H24O4. The summed E-state index contributed by atoms with van der Waals surface area (Å²) < 4.78 is 10.2. The quantitative estimate of drug-likeness (QED) is 0.609. The van der Waals surface area contributed by atoms with Gasteiger partial charge < -0.3 is 14.6 Å². The number of rotatable bonds is 4. The molecule has 0 aliphatic heterocycles. The summed E-state index contributed by atoms with van der Waals surface area (Å²) in [5, 5.41) is 8.49. The minimum absolute atomic E-state index is 0.0237.